The molecule has 0 aliphatic rings. The predicted octanol–water partition coefficient (Wildman–Crippen LogP) is 24.7. The van der Waals surface area contributed by atoms with Gasteiger partial charge >= 0.3 is 7.12 Å². The second-order valence-corrected chi connectivity index (χ2v) is 26.0. The summed E-state index contributed by atoms with van der Waals surface area (Å²) >= 11 is 13.4. The minimum atomic E-state index is -1.40. The van der Waals surface area contributed by atoms with Gasteiger partial charge in [0.25, 0.3) is 0 Å². The molecular formula is C80H104B3Br3IN3O2. The van der Waals surface area contributed by atoms with Gasteiger partial charge in [0.05, 0.1) is 0 Å². The maximum Gasteiger partial charge on any atom is 0.489 e. The molecule has 0 aromatic heterocycles. The van der Waals surface area contributed by atoms with Crippen LogP contribution in [0.25, 0.3) is 10.8 Å². The van der Waals surface area contributed by atoms with E-state index in [0.29, 0.717) is 5.46 Å². The van der Waals surface area contributed by atoms with Crippen LogP contribution < -0.4 is 21.0 Å². The summed E-state index contributed by atoms with van der Waals surface area (Å²) in [5.74, 6) is 0. The molecule has 4 N–H and O–H groups in total. The molecule has 0 saturated carbocycles. The van der Waals surface area contributed by atoms with Crippen LogP contribution in [0.4, 0.5) is 39.8 Å². The van der Waals surface area contributed by atoms with E-state index in [-0.39, 0.29) is 61.4 Å². The fourth-order valence-electron chi connectivity index (χ4n) is 9.61. The van der Waals surface area contributed by atoms with Crippen LogP contribution in [-0.4, -0.2) is 34.0 Å². The minimum absolute atomic E-state index is 0. The lowest BCUT2D eigenvalue weighted by Gasteiger charge is -2.31. The standard InChI is InChI=1S/C24H24Br3N.C24H27N.C10H9BO2.C8H9I.C8H11N.6CH4.2B/c1-13-10-22(16(4)7-19(13)25)28(23-11-14(2)20(26)8-17(23)5)24-12-15(3)21(27)9-18(24)6;1-16-7-10-19(4)22(13-16)25(23-14-17(2)8-11-20(23)5)24-15-18(3)9-12-21(24)6;12-11(13)10-7-3-5-8-4-1-2-6-9(8)10;2*1-6-3-4-7(2)8(9)5-6;;;;;;;;/h7-12H,1-6H3;7-15H,1-6H3;1-7,12-13H;3-5H,1-2H3;3-5H,9H2,1-2H3;6*1H4;;. The van der Waals surface area contributed by atoms with E-state index in [4.69, 9.17) is 15.8 Å². The number of rotatable bonds is 7. The highest BCUT2D eigenvalue weighted by molar-refractivity contribution is 14.1. The molecule has 10 aromatic rings. The third-order valence-electron chi connectivity index (χ3n) is 14.8. The molecule has 0 amide bonds. The Hall–Kier alpha value is -5.86. The molecule has 10 rings (SSSR count). The van der Waals surface area contributed by atoms with E-state index in [2.05, 4.69) is 292 Å². The van der Waals surface area contributed by atoms with E-state index in [0.717, 1.165) is 35.4 Å². The molecule has 0 bridgehead atoms. The van der Waals surface area contributed by atoms with Gasteiger partial charge in [-0.15, -0.1) is 0 Å². The molecule has 0 aliphatic heterocycles. The molecule has 6 radical (unpaired) electrons. The maximum atomic E-state index is 9.08. The van der Waals surface area contributed by atoms with Gasteiger partial charge in [0.15, 0.2) is 0 Å². The normalized spacial score (nSPS) is 9.63. The van der Waals surface area contributed by atoms with Crippen LogP contribution in [0.3, 0.4) is 0 Å². The van der Waals surface area contributed by atoms with Gasteiger partial charge in [-0.2, -0.15) is 0 Å². The SMILES string of the molecule is C.C.C.C.C.C.Cc1cc(N(c2cc(C)c(Br)cc2C)c2cc(C)c(Br)cc2C)c(C)cc1Br.Cc1ccc(C)c(I)c1.Cc1ccc(C)c(N(c2cc(C)ccc2C)c2cc(C)ccc2C)c1.Cc1ccc(C)c(N)c1.OB(O)c1cccc2ccccc12.[B].[B]. The van der Waals surface area contributed by atoms with Crippen molar-refractivity contribution >= 4 is 150 Å². The predicted molar refractivity (Wildman–Crippen MR) is 437 cm³/mol. The van der Waals surface area contributed by atoms with Crippen LogP contribution in [0.1, 0.15) is 134 Å². The monoisotopic (exact) mass is 1540 g/mol. The van der Waals surface area contributed by atoms with Crippen molar-refractivity contribution in [1.82, 2.24) is 0 Å². The minimum Gasteiger partial charge on any atom is -0.423 e. The lowest BCUT2D eigenvalue weighted by Crippen LogP contribution is -2.30. The summed E-state index contributed by atoms with van der Waals surface area (Å²) < 4.78 is 4.77. The average Bonchev–Trinajstić information content (AvgIpc) is 0.780. The lowest BCUT2D eigenvalue weighted by molar-refractivity contribution is 0.426. The summed E-state index contributed by atoms with van der Waals surface area (Å²) in [6, 6.07) is 59.2. The Bertz CT molecular complexity index is 3650. The van der Waals surface area contributed by atoms with Crippen LogP contribution in [0.5, 0.6) is 0 Å². The summed E-state index contributed by atoms with van der Waals surface area (Å²) in [5, 5.41) is 20.1. The molecule has 0 saturated heterocycles. The first kappa shape index (κ1) is 90.3. The highest BCUT2D eigenvalue weighted by Crippen LogP contribution is 2.45. The highest BCUT2D eigenvalue weighted by Gasteiger charge is 2.22. The number of nitrogens with two attached hydrogens (primary N) is 1. The number of anilines is 7. The third kappa shape index (κ3) is 23.9. The smallest absolute Gasteiger partial charge is 0.423 e. The third-order valence-corrected chi connectivity index (χ3v) is 18.6. The molecule has 0 atom stereocenters. The molecule has 0 aliphatic carbocycles. The number of hydrogen-bond donors (Lipinski definition) is 3. The van der Waals surface area contributed by atoms with Crippen LogP contribution in [-0.2, 0) is 0 Å². The fourth-order valence-corrected chi connectivity index (χ4v) is 11.7. The Balaban J connectivity index is -0.00000113. The van der Waals surface area contributed by atoms with Crippen molar-refractivity contribution in [1.29, 1.82) is 0 Å². The summed E-state index contributed by atoms with van der Waals surface area (Å²) in [6.07, 6.45) is 0. The van der Waals surface area contributed by atoms with E-state index in [1.54, 1.807) is 6.07 Å². The first-order valence-corrected chi connectivity index (χ1v) is 31.6. The van der Waals surface area contributed by atoms with E-state index in [1.165, 1.54) is 121 Å². The fraction of sp³-hybridized carbons (Fsp3) is 0.275. The van der Waals surface area contributed by atoms with Crippen molar-refractivity contribution < 1.29 is 10.0 Å². The number of nitrogen functional groups attached to an aromatic ring is 1. The van der Waals surface area contributed by atoms with E-state index < -0.39 is 7.12 Å². The van der Waals surface area contributed by atoms with Gasteiger partial charge in [0, 0.05) is 73.6 Å². The Morgan fingerprint density at radius 3 is 0.935 bits per heavy atom. The molecule has 0 heterocycles. The highest BCUT2D eigenvalue weighted by atomic mass is 127. The number of aryl methyl sites for hydroxylation is 16. The number of nitrogens with zero attached hydrogens (tertiary/aromatic N) is 2. The quantitative estimate of drug-likeness (QED) is 0.0842. The van der Waals surface area contributed by atoms with E-state index in [1.807, 2.05) is 62.4 Å². The van der Waals surface area contributed by atoms with Crippen molar-refractivity contribution in [2.45, 2.75) is 155 Å². The Morgan fingerprint density at radius 2 is 0.620 bits per heavy atom. The molecule has 10 aromatic carbocycles. The number of benzene rings is 10. The van der Waals surface area contributed by atoms with Crippen LogP contribution in [0.2, 0.25) is 0 Å². The summed E-state index contributed by atoms with van der Waals surface area (Å²) in [5.41, 5.74) is 34.6. The summed E-state index contributed by atoms with van der Waals surface area (Å²) in [6.45, 7) is 34.3. The van der Waals surface area contributed by atoms with E-state index >= 15 is 0 Å². The molecule has 0 fully saturated rings. The van der Waals surface area contributed by atoms with Gasteiger partial charge in [-0.25, -0.2) is 0 Å². The van der Waals surface area contributed by atoms with Crippen molar-refractivity contribution in [3.63, 3.8) is 0 Å². The van der Waals surface area contributed by atoms with Gasteiger partial charge < -0.3 is 25.6 Å². The van der Waals surface area contributed by atoms with Crippen molar-refractivity contribution in [2.24, 2.45) is 0 Å². The molecule has 0 spiro atoms. The largest absolute Gasteiger partial charge is 0.489 e. The molecule has 92 heavy (non-hydrogen) atoms. The first-order chi connectivity index (χ1) is 39.6. The summed E-state index contributed by atoms with van der Waals surface area (Å²) in [4.78, 5) is 4.82. The molecule has 0 unspecified atom stereocenters. The molecule has 12 heteroatoms. The summed E-state index contributed by atoms with van der Waals surface area (Å²) in [7, 11) is -1.40. The Labute approximate surface area is 602 Å². The maximum absolute atomic E-state index is 9.08. The zero-order valence-corrected chi connectivity index (χ0v) is 59.7. The van der Waals surface area contributed by atoms with Gasteiger partial charge in [-0.3, -0.25) is 0 Å². The Morgan fingerprint density at radius 1 is 0.326 bits per heavy atom. The topological polar surface area (TPSA) is 73.0 Å². The van der Waals surface area contributed by atoms with Crippen LogP contribution >= 0.6 is 70.4 Å². The zero-order chi connectivity index (χ0) is 61.9. The van der Waals surface area contributed by atoms with Crippen molar-refractivity contribution in [3.8, 4) is 0 Å². The lowest BCUT2D eigenvalue weighted by atomic mass is 9.77. The van der Waals surface area contributed by atoms with E-state index in [9.17, 15) is 0 Å². The van der Waals surface area contributed by atoms with Crippen LogP contribution in [0.15, 0.2) is 183 Å². The number of hydrogen-bond acceptors (Lipinski definition) is 5. The van der Waals surface area contributed by atoms with Crippen molar-refractivity contribution in [3.05, 3.63) is 276 Å². The molecule has 488 valence electrons. The first-order valence-electron chi connectivity index (χ1n) is 28.2. The second-order valence-electron chi connectivity index (χ2n) is 22.3. The Kier molecular flexibility index (Phi) is 40.3. The zero-order valence-electron chi connectivity index (χ0n) is 52.8. The second kappa shape index (κ2) is 41.1. The van der Waals surface area contributed by atoms with Gasteiger partial charge in [0.2, 0.25) is 0 Å². The van der Waals surface area contributed by atoms with Crippen molar-refractivity contribution in [2.75, 3.05) is 15.5 Å². The van der Waals surface area contributed by atoms with Gasteiger partial charge in [-0.05, 0) is 300 Å². The molecular weight excluding hydrogens is 1430 g/mol. The number of fused-ring (bicyclic) bond motifs is 1. The average molecular weight is 1540 g/mol. The van der Waals surface area contributed by atoms with Gasteiger partial charge in [-0.1, -0.05) is 201 Å². The number of halogens is 4. The van der Waals surface area contributed by atoms with Crippen LogP contribution in [0, 0.1) is 114 Å². The van der Waals surface area contributed by atoms with Gasteiger partial charge in [0.1, 0.15) is 0 Å². The molecule has 5 nitrogen and oxygen atoms in total.